The third-order valence-corrected chi connectivity index (χ3v) is 4.12. The summed E-state index contributed by atoms with van der Waals surface area (Å²) in [6, 6.07) is 4.04. The molecule has 0 unspecified atom stereocenters. The number of hydrogen-bond donors (Lipinski definition) is 1. The fourth-order valence-corrected chi connectivity index (χ4v) is 2.77. The van der Waals surface area contributed by atoms with Gasteiger partial charge in [-0.05, 0) is 40.9 Å². The molecule has 0 radical (unpaired) electrons. The standard InChI is InChI=1S/C14H19BrN4/c1-4-11-14(15)13(19(3)18-11)9-16-8-12-10(2)6-5-7-17-12/h5-7,16H,4,8-9H2,1-3H3. The van der Waals surface area contributed by atoms with E-state index in [0.717, 1.165) is 35.4 Å². The SMILES string of the molecule is CCc1nn(C)c(CNCc2ncccc2C)c1Br. The predicted octanol–water partition coefficient (Wildman–Crippen LogP) is 2.74. The first kappa shape index (κ1) is 14.2. The van der Waals surface area contributed by atoms with Crippen LogP contribution in [0.3, 0.4) is 0 Å². The lowest BCUT2D eigenvalue weighted by Crippen LogP contribution is -2.17. The van der Waals surface area contributed by atoms with E-state index in [1.165, 1.54) is 11.3 Å². The molecule has 0 spiro atoms. The van der Waals surface area contributed by atoms with Crippen LogP contribution >= 0.6 is 15.9 Å². The van der Waals surface area contributed by atoms with Gasteiger partial charge >= 0.3 is 0 Å². The Morgan fingerprint density at radius 2 is 2.11 bits per heavy atom. The number of aromatic nitrogens is 3. The Morgan fingerprint density at radius 1 is 1.32 bits per heavy atom. The van der Waals surface area contributed by atoms with Gasteiger partial charge in [-0.1, -0.05) is 13.0 Å². The van der Waals surface area contributed by atoms with Crippen molar-refractivity contribution < 1.29 is 0 Å². The van der Waals surface area contributed by atoms with Gasteiger partial charge in [-0.15, -0.1) is 0 Å². The van der Waals surface area contributed by atoms with Crippen molar-refractivity contribution in [1.82, 2.24) is 20.1 Å². The fraction of sp³-hybridized carbons (Fsp3) is 0.429. The summed E-state index contributed by atoms with van der Waals surface area (Å²) in [5.74, 6) is 0. The van der Waals surface area contributed by atoms with Crippen molar-refractivity contribution in [1.29, 1.82) is 0 Å². The maximum absolute atomic E-state index is 4.49. The van der Waals surface area contributed by atoms with Crippen LogP contribution in [0.1, 0.15) is 29.6 Å². The molecule has 1 N–H and O–H groups in total. The Bertz CT molecular complexity index is 563. The Labute approximate surface area is 122 Å². The zero-order valence-corrected chi connectivity index (χ0v) is 13.2. The van der Waals surface area contributed by atoms with Crippen molar-refractivity contribution in [2.45, 2.75) is 33.4 Å². The van der Waals surface area contributed by atoms with Crippen LogP contribution in [0, 0.1) is 6.92 Å². The van der Waals surface area contributed by atoms with Crippen molar-refractivity contribution in [3.63, 3.8) is 0 Å². The second-order valence-corrected chi connectivity index (χ2v) is 5.35. The maximum atomic E-state index is 4.49. The smallest absolute Gasteiger partial charge is 0.0767 e. The van der Waals surface area contributed by atoms with Crippen LogP contribution in [0.15, 0.2) is 22.8 Å². The molecule has 0 aliphatic heterocycles. The highest BCUT2D eigenvalue weighted by Gasteiger charge is 2.11. The van der Waals surface area contributed by atoms with Crippen LogP contribution in [0.4, 0.5) is 0 Å². The molecule has 2 aromatic rings. The average molecular weight is 323 g/mol. The summed E-state index contributed by atoms with van der Waals surface area (Å²) in [4.78, 5) is 4.38. The minimum atomic E-state index is 0.770. The van der Waals surface area contributed by atoms with Crippen molar-refractivity contribution in [3.8, 4) is 0 Å². The van der Waals surface area contributed by atoms with E-state index in [-0.39, 0.29) is 0 Å². The lowest BCUT2D eigenvalue weighted by molar-refractivity contribution is 0.615. The van der Waals surface area contributed by atoms with Crippen molar-refractivity contribution >= 4 is 15.9 Å². The topological polar surface area (TPSA) is 42.7 Å². The zero-order valence-electron chi connectivity index (χ0n) is 11.6. The van der Waals surface area contributed by atoms with Crippen LogP contribution in [0.25, 0.3) is 0 Å². The first-order valence-electron chi connectivity index (χ1n) is 6.45. The van der Waals surface area contributed by atoms with Crippen LogP contribution < -0.4 is 5.32 Å². The molecular formula is C14H19BrN4. The summed E-state index contributed by atoms with van der Waals surface area (Å²) in [5.41, 5.74) is 4.59. The molecule has 0 bridgehead atoms. The minimum absolute atomic E-state index is 0.770. The molecule has 0 aliphatic carbocycles. The summed E-state index contributed by atoms with van der Waals surface area (Å²) in [6.45, 7) is 5.74. The van der Waals surface area contributed by atoms with Gasteiger partial charge in [0, 0.05) is 26.3 Å². The van der Waals surface area contributed by atoms with Crippen LogP contribution in [0.5, 0.6) is 0 Å². The Hall–Kier alpha value is -1.20. The number of halogens is 1. The predicted molar refractivity (Wildman–Crippen MR) is 79.8 cm³/mol. The Balaban J connectivity index is 2.00. The molecular weight excluding hydrogens is 304 g/mol. The number of rotatable bonds is 5. The van der Waals surface area contributed by atoms with Crippen LogP contribution in [0.2, 0.25) is 0 Å². The molecule has 0 atom stereocenters. The largest absolute Gasteiger partial charge is 0.305 e. The zero-order chi connectivity index (χ0) is 13.8. The summed E-state index contributed by atoms with van der Waals surface area (Å²) < 4.78 is 3.05. The molecule has 2 heterocycles. The molecule has 102 valence electrons. The lowest BCUT2D eigenvalue weighted by Gasteiger charge is -2.07. The van der Waals surface area contributed by atoms with E-state index in [2.05, 4.69) is 51.2 Å². The molecule has 2 rings (SSSR count). The van der Waals surface area contributed by atoms with Gasteiger partial charge in [-0.25, -0.2) is 0 Å². The number of hydrogen-bond acceptors (Lipinski definition) is 3. The van der Waals surface area contributed by atoms with E-state index in [4.69, 9.17) is 0 Å². The number of nitrogens with one attached hydrogen (secondary N) is 1. The molecule has 4 nitrogen and oxygen atoms in total. The Morgan fingerprint density at radius 3 is 2.74 bits per heavy atom. The second kappa shape index (κ2) is 6.30. The number of nitrogens with zero attached hydrogens (tertiary/aromatic N) is 3. The highest BCUT2D eigenvalue weighted by Crippen LogP contribution is 2.21. The van der Waals surface area contributed by atoms with Crippen molar-refractivity contribution in [3.05, 3.63) is 45.4 Å². The van der Waals surface area contributed by atoms with Gasteiger partial charge < -0.3 is 5.32 Å². The molecule has 19 heavy (non-hydrogen) atoms. The normalized spacial score (nSPS) is 10.9. The van der Waals surface area contributed by atoms with Gasteiger partial charge in [0.1, 0.15) is 0 Å². The molecule has 0 aliphatic rings. The molecule has 0 saturated heterocycles. The van der Waals surface area contributed by atoms with Gasteiger partial charge in [-0.3, -0.25) is 9.67 Å². The molecule has 2 aromatic heterocycles. The Kier molecular flexibility index (Phi) is 4.71. The van der Waals surface area contributed by atoms with Crippen LogP contribution in [-0.2, 0) is 26.6 Å². The monoisotopic (exact) mass is 322 g/mol. The van der Waals surface area contributed by atoms with Gasteiger partial charge in [0.2, 0.25) is 0 Å². The summed E-state index contributed by atoms with van der Waals surface area (Å²) in [5, 5.41) is 7.91. The van der Waals surface area contributed by atoms with Crippen molar-refractivity contribution in [2.24, 2.45) is 7.05 Å². The summed E-state index contributed by atoms with van der Waals surface area (Å²) in [6.07, 6.45) is 2.77. The highest BCUT2D eigenvalue weighted by molar-refractivity contribution is 9.10. The van der Waals surface area contributed by atoms with E-state index >= 15 is 0 Å². The van der Waals surface area contributed by atoms with Crippen LogP contribution in [-0.4, -0.2) is 14.8 Å². The summed E-state index contributed by atoms with van der Waals surface area (Å²) in [7, 11) is 1.98. The van der Waals surface area contributed by atoms with Gasteiger partial charge in [-0.2, -0.15) is 5.10 Å². The van der Waals surface area contributed by atoms with Crippen molar-refractivity contribution in [2.75, 3.05) is 0 Å². The van der Waals surface area contributed by atoms with Gasteiger partial charge in [0.15, 0.2) is 0 Å². The molecule has 0 aromatic carbocycles. The van der Waals surface area contributed by atoms with E-state index in [9.17, 15) is 0 Å². The van der Waals surface area contributed by atoms with Gasteiger partial charge in [0.25, 0.3) is 0 Å². The number of aryl methyl sites for hydroxylation is 3. The lowest BCUT2D eigenvalue weighted by atomic mass is 10.2. The first-order valence-corrected chi connectivity index (χ1v) is 7.24. The fourth-order valence-electron chi connectivity index (χ4n) is 2.01. The van der Waals surface area contributed by atoms with Gasteiger partial charge in [0.05, 0.1) is 21.6 Å². The molecule has 0 fully saturated rings. The first-order chi connectivity index (χ1) is 9.13. The summed E-state index contributed by atoms with van der Waals surface area (Å²) >= 11 is 3.62. The molecule has 5 heteroatoms. The number of pyridine rings is 1. The minimum Gasteiger partial charge on any atom is -0.305 e. The molecule has 0 saturated carbocycles. The van der Waals surface area contributed by atoms with E-state index in [0.29, 0.717) is 0 Å². The second-order valence-electron chi connectivity index (χ2n) is 4.56. The van der Waals surface area contributed by atoms with E-state index < -0.39 is 0 Å². The third kappa shape index (κ3) is 3.22. The third-order valence-electron chi connectivity index (χ3n) is 3.21. The quantitative estimate of drug-likeness (QED) is 0.920. The average Bonchev–Trinajstić information content (AvgIpc) is 2.68. The highest BCUT2D eigenvalue weighted by atomic mass is 79.9. The molecule has 0 amide bonds. The maximum Gasteiger partial charge on any atom is 0.0767 e. The van der Waals surface area contributed by atoms with E-state index in [1.54, 1.807) is 0 Å². The van der Waals surface area contributed by atoms with E-state index in [1.807, 2.05) is 24.0 Å².